The van der Waals surface area contributed by atoms with Crippen LogP contribution in [-0.2, 0) is 12.6 Å². The van der Waals surface area contributed by atoms with Crippen LogP contribution < -0.4 is 0 Å². The number of allylic oxidation sites excluding steroid dienone is 2. The van der Waals surface area contributed by atoms with Crippen LogP contribution in [0.3, 0.4) is 0 Å². The van der Waals surface area contributed by atoms with E-state index in [1.165, 1.54) is 6.07 Å². The maximum Gasteiger partial charge on any atom is 0.417 e. The number of benzene rings is 1. The second kappa shape index (κ2) is 5.87. The molecule has 1 heterocycles. The van der Waals surface area contributed by atoms with Gasteiger partial charge in [-0.05, 0) is 30.4 Å². The molecule has 2 aromatic rings. The monoisotopic (exact) mass is 371 g/mol. The van der Waals surface area contributed by atoms with Crippen molar-refractivity contribution in [2.75, 3.05) is 0 Å². The minimum Gasteiger partial charge on any atom is -0.289 e. The normalized spacial score (nSPS) is 18.5. The molecule has 0 bridgehead atoms. The lowest BCUT2D eigenvalue weighted by molar-refractivity contribution is -0.137. The summed E-state index contributed by atoms with van der Waals surface area (Å²) in [7, 11) is 0. The number of Topliss-reactive ketones (excluding diaryl/α,β-unsaturated/α-hetero) is 2. The maximum atomic E-state index is 13.1. The first-order valence-electron chi connectivity index (χ1n) is 8.65. The highest BCUT2D eigenvalue weighted by Gasteiger charge is 2.48. The van der Waals surface area contributed by atoms with Gasteiger partial charge >= 0.3 is 6.18 Å². The summed E-state index contributed by atoms with van der Waals surface area (Å²) in [4.78, 5) is 30.0. The number of aromatic nitrogens is 1. The number of carbonyl (C=O) groups excluding carboxylic acids is 2. The third-order valence-electron chi connectivity index (χ3n) is 5.33. The Kier molecular flexibility index (Phi) is 3.84. The molecule has 2 aliphatic rings. The van der Waals surface area contributed by atoms with Crippen molar-refractivity contribution in [1.82, 2.24) is 4.98 Å². The molecule has 138 valence electrons. The quantitative estimate of drug-likeness (QED) is 0.777. The molecule has 1 fully saturated rings. The molecule has 0 saturated heterocycles. The van der Waals surface area contributed by atoms with Gasteiger partial charge in [-0.15, -0.1) is 0 Å². The van der Waals surface area contributed by atoms with E-state index in [0.717, 1.165) is 25.1 Å². The van der Waals surface area contributed by atoms with Crippen LogP contribution in [0.5, 0.6) is 0 Å². The number of nitrogens with zero attached hydrogens (tertiary/aromatic N) is 1. The second-order valence-electron chi connectivity index (χ2n) is 7.33. The topological polar surface area (TPSA) is 47.0 Å². The fourth-order valence-corrected chi connectivity index (χ4v) is 3.55. The van der Waals surface area contributed by atoms with Crippen molar-refractivity contribution in [3.8, 4) is 0 Å². The molecule has 3 nitrogen and oxygen atoms in total. The summed E-state index contributed by atoms with van der Waals surface area (Å²) in [5, 5.41) is 0. The lowest BCUT2D eigenvalue weighted by atomic mass is 9.76. The van der Waals surface area contributed by atoms with Crippen LogP contribution in [0, 0.1) is 5.41 Å². The second-order valence-corrected chi connectivity index (χ2v) is 7.33. The predicted octanol–water partition coefficient (Wildman–Crippen LogP) is 4.82. The molecule has 0 N–H and O–H groups in total. The summed E-state index contributed by atoms with van der Waals surface area (Å²) in [5.41, 5.74) is 0.735. The van der Waals surface area contributed by atoms with Gasteiger partial charge < -0.3 is 0 Å². The summed E-state index contributed by atoms with van der Waals surface area (Å²) in [6.45, 7) is 1.95. The van der Waals surface area contributed by atoms with Gasteiger partial charge in [0.25, 0.3) is 0 Å². The first kappa shape index (κ1) is 17.6. The number of rotatable bonds is 3. The molecule has 1 aromatic carbocycles. The molecular formula is C21H16F3NO2. The number of halogens is 3. The number of ketones is 2. The Balaban J connectivity index is 1.77. The Morgan fingerprint density at radius 2 is 1.63 bits per heavy atom. The van der Waals surface area contributed by atoms with Crippen LogP contribution in [0.4, 0.5) is 13.2 Å². The van der Waals surface area contributed by atoms with Crippen LogP contribution in [0.15, 0.2) is 53.7 Å². The highest BCUT2D eigenvalue weighted by molar-refractivity contribution is 6.27. The van der Waals surface area contributed by atoms with Gasteiger partial charge in [-0.1, -0.05) is 31.2 Å². The average molecular weight is 371 g/mol. The number of alkyl halides is 3. The molecule has 0 atom stereocenters. The van der Waals surface area contributed by atoms with Gasteiger partial charge in [0.05, 0.1) is 5.56 Å². The molecule has 0 aliphatic heterocycles. The van der Waals surface area contributed by atoms with Crippen molar-refractivity contribution in [1.29, 1.82) is 0 Å². The summed E-state index contributed by atoms with van der Waals surface area (Å²) < 4.78 is 38.2. The third kappa shape index (κ3) is 2.99. The molecule has 0 amide bonds. The summed E-state index contributed by atoms with van der Waals surface area (Å²) in [6, 6.07) is 8.89. The van der Waals surface area contributed by atoms with Crippen LogP contribution >= 0.6 is 0 Å². The molecule has 0 spiro atoms. The Morgan fingerprint density at radius 1 is 1.00 bits per heavy atom. The Labute approximate surface area is 153 Å². The standard InChI is InChI=1S/C21H16F3NO2/c1-20(8-9-20)17-16(10-13-7-6-12(11-25-13)21(22,23)24)18(26)14-4-2-3-5-15(14)19(17)27/h2-7,11H,8-10H2,1H3. The average Bonchev–Trinajstić information content (AvgIpc) is 3.37. The van der Waals surface area contributed by atoms with Gasteiger partial charge in [-0.2, -0.15) is 13.2 Å². The first-order chi connectivity index (χ1) is 12.7. The molecule has 6 heteroatoms. The lowest BCUT2D eigenvalue weighted by Gasteiger charge is -2.25. The van der Waals surface area contributed by atoms with Gasteiger partial charge in [0.15, 0.2) is 11.6 Å². The zero-order chi connectivity index (χ0) is 19.4. The van der Waals surface area contributed by atoms with Gasteiger partial charge in [0.2, 0.25) is 0 Å². The molecule has 1 saturated carbocycles. The Morgan fingerprint density at radius 3 is 2.15 bits per heavy atom. The molecule has 0 unspecified atom stereocenters. The van der Waals surface area contributed by atoms with Crippen molar-refractivity contribution in [3.63, 3.8) is 0 Å². The van der Waals surface area contributed by atoms with E-state index in [2.05, 4.69) is 4.98 Å². The smallest absolute Gasteiger partial charge is 0.289 e. The highest BCUT2D eigenvalue weighted by atomic mass is 19.4. The fraction of sp³-hybridized carbons (Fsp3) is 0.286. The van der Waals surface area contributed by atoms with Gasteiger partial charge in [0.1, 0.15) is 0 Å². The van der Waals surface area contributed by atoms with Crippen molar-refractivity contribution >= 4 is 11.6 Å². The molecule has 2 aliphatic carbocycles. The highest BCUT2D eigenvalue weighted by Crippen LogP contribution is 2.54. The van der Waals surface area contributed by atoms with Crippen molar-refractivity contribution in [3.05, 3.63) is 76.1 Å². The van der Waals surface area contributed by atoms with E-state index >= 15 is 0 Å². The Hall–Kier alpha value is -2.76. The number of carbonyl (C=O) groups is 2. The van der Waals surface area contributed by atoms with E-state index in [0.29, 0.717) is 28.0 Å². The van der Waals surface area contributed by atoms with Gasteiger partial charge in [0, 0.05) is 40.6 Å². The summed E-state index contributed by atoms with van der Waals surface area (Å²) in [6.07, 6.45) is -2.03. The summed E-state index contributed by atoms with van der Waals surface area (Å²) in [5.74, 6) is -0.401. The zero-order valence-corrected chi connectivity index (χ0v) is 14.6. The van der Waals surface area contributed by atoms with Crippen LogP contribution in [-0.4, -0.2) is 16.6 Å². The minimum atomic E-state index is -4.47. The summed E-state index contributed by atoms with van der Waals surface area (Å²) >= 11 is 0. The van der Waals surface area contributed by atoms with E-state index in [1.54, 1.807) is 24.3 Å². The van der Waals surface area contributed by atoms with Crippen molar-refractivity contribution in [2.45, 2.75) is 32.4 Å². The SMILES string of the molecule is CC1(C2=C(Cc3ccc(C(F)(F)F)cn3)C(=O)c3ccccc3C2=O)CC1. The van der Waals surface area contributed by atoms with Gasteiger partial charge in [-0.3, -0.25) is 14.6 Å². The lowest BCUT2D eigenvalue weighted by Crippen LogP contribution is -2.27. The zero-order valence-electron chi connectivity index (χ0n) is 14.6. The molecular weight excluding hydrogens is 355 g/mol. The van der Waals surface area contributed by atoms with Crippen LogP contribution in [0.1, 0.15) is 51.7 Å². The molecule has 4 rings (SSSR count). The van der Waals surface area contributed by atoms with Crippen LogP contribution in [0.2, 0.25) is 0 Å². The van der Waals surface area contributed by atoms with Gasteiger partial charge in [-0.25, -0.2) is 0 Å². The first-order valence-corrected chi connectivity index (χ1v) is 8.65. The number of pyridine rings is 1. The van der Waals surface area contributed by atoms with E-state index in [4.69, 9.17) is 0 Å². The maximum absolute atomic E-state index is 13.1. The molecule has 27 heavy (non-hydrogen) atoms. The largest absolute Gasteiger partial charge is 0.417 e. The number of hydrogen-bond donors (Lipinski definition) is 0. The van der Waals surface area contributed by atoms with E-state index in [1.807, 2.05) is 6.92 Å². The third-order valence-corrected chi connectivity index (χ3v) is 5.33. The van der Waals surface area contributed by atoms with Crippen LogP contribution in [0.25, 0.3) is 0 Å². The van der Waals surface area contributed by atoms with E-state index < -0.39 is 11.7 Å². The van der Waals surface area contributed by atoms with E-state index in [-0.39, 0.29) is 23.4 Å². The number of fused-ring (bicyclic) bond motifs is 1. The predicted molar refractivity (Wildman–Crippen MR) is 92.4 cm³/mol. The van der Waals surface area contributed by atoms with Crippen molar-refractivity contribution < 1.29 is 22.8 Å². The number of hydrogen-bond acceptors (Lipinski definition) is 3. The minimum absolute atomic E-state index is 0.0436. The molecule has 0 radical (unpaired) electrons. The molecule has 1 aromatic heterocycles. The van der Waals surface area contributed by atoms with E-state index in [9.17, 15) is 22.8 Å². The van der Waals surface area contributed by atoms with Crippen molar-refractivity contribution in [2.24, 2.45) is 5.41 Å². The fourth-order valence-electron chi connectivity index (χ4n) is 3.55. The Bertz CT molecular complexity index is 983.